The van der Waals surface area contributed by atoms with Gasteiger partial charge in [-0.1, -0.05) is 18.2 Å². The Morgan fingerprint density at radius 1 is 1.00 bits per heavy atom. The second-order valence-corrected chi connectivity index (χ2v) is 7.47. The molecule has 2 aromatic carbocycles. The molecule has 2 N–H and O–H groups in total. The van der Waals surface area contributed by atoms with E-state index in [-0.39, 0.29) is 16.9 Å². The lowest BCUT2D eigenvalue weighted by molar-refractivity contribution is -0.145. The molecular formula is C18H20N2O5S. The molecule has 26 heavy (non-hydrogen) atoms. The van der Waals surface area contributed by atoms with Crippen LogP contribution in [0.5, 0.6) is 0 Å². The Morgan fingerprint density at radius 3 is 2.19 bits per heavy atom. The van der Waals surface area contributed by atoms with Crippen LogP contribution in [-0.2, 0) is 19.6 Å². The summed E-state index contributed by atoms with van der Waals surface area (Å²) in [5.41, 5.74) is 0.951. The third kappa shape index (κ3) is 5.68. The number of ether oxygens (including phenoxy) is 1. The van der Waals surface area contributed by atoms with Gasteiger partial charge in [0.15, 0.2) is 0 Å². The molecule has 8 heteroatoms. The fraction of sp³-hybridized carbons (Fsp3) is 0.222. The van der Waals surface area contributed by atoms with E-state index < -0.39 is 22.5 Å². The van der Waals surface area contributed by atoms with E-state index in [1.807, 2.05) is 0 Å². The van der Waals surface area contributed by atoms with Gasteiger partial charge >= 0.3 is 5.97 Å². The lowest BCUT2D eigenvalue weighted by Crippen LogP contribution is -2.31. The van der Waals surface area contributed by atoms with Crippen LogP contribution >= 0.6 is 0 Å². The molecular weight excluding hydrogens is 356 g/mol. The van der Waals surface area contributed by atoms with Gasteiger partial charge in [-0.05, 0) is 50.2 Å². The monoisotopic (exact) mass is 376 g/mol. The summed E-state index contributed by atoms with van der Waals surface area (Å²) in [5.74, 6) is -0.953. The summed E-state index contributed by atoms with van der Waals surface area (Å²) < 4.78 is 31.4. The highest BCUT2D eigenvalue weighted by Crippen LogP contribution is 2.15. The van der Waals surface area contributed by atoms with Crippen LogP contribution in [0.2, 0.25) is 0 Å². The Kier molecular flexibility index (Phi) is 6.48. The highest BCUT2D eigenvalue weighted by molar-refractivity contribution is 7.89. The quantitative estimate of drug-likeness (QED) is 0.721. The summed E-state index contributed by atoms with van der Waals surface area (Å²) in [5, 5.41) is 2.68. The molecule has 0 atom stereocenters. The Balaban J connectivity index is 1.99. The van der Waals surface area contributed by atoms with Gasteiger partial charge in [-0.3, -0.25) is 9.59 Å². The first kappa shape index (κ1) is 19.6. The predicted molar refractivity (Wildman–Crippen MR) is 97.3 cm³/mol. The first-order chi connectivity index (χ1) is 12.3. The molecule has 2 rings (SSSR count). The lowest BCUT2D eigenvalue weighted by Gasteiger charge is -2.10. The minimum atomic E-state index is -3.85. The molecule has 0 fully saturated rings. The smallest absolute Gasteiger partial charge is 0.321 e. The van der Waals surface area contributed by atoms with Crippen LogP contribution in [0.1, 0.15) is 24.2 Å². The molecule has 0 saturated carbocycles. The fourth-order valence-corrected chi connectivity index (χ4v) is 3.02. The SMILES string of the molecule is CC(C)OC(=O)CNS(=O)(=O)c1ccc(NC(=O)c2ccccc2)cc1. The average Bonchev–Trinajstić information content (AvgIpc) is 2.61. The summed E-state index contributed by atoms with van der Waals surface area (Å²) in [6.45, 7) is 2.90. The molecule has 138 valence electrons. The van der Waals surface area contributed by atoms with Crippen molar-refractivity contribution in [1.82, 2.24) is 4.72 Å². The first-order valence-corrected chi connectivity index (χ1v) is 9.42. The van der Waals surface area contributed by atoms with E-state index in [9.17, 15) is 18.0 Å². The number of anilines is 1. The number of carbonyl (C=O) groups is 2. The van der Waals surface area contributed by atoms with E-state index in [1.54, 1.807) is 44.2 Å². The summed E-state index contributed by atoms with van der Waals surface area (Å²) in [6, 6.07) is 14.3. The van der Waals surface area contributed by atoms with Gasteiger partial charge < -0.3 is 10.1 Å². The van der Waals surface area contributed by atoms with E-state index in [0.717, 1.165) is 0 Å². The highest BCUT2D eigenvalue weighted by Gasteiger charge is 2.17. The number of nitrogens with one attached hydrogen (secondary N) is 2. The molecule has 7 nitrogen and oxygen atoms in total. The van der Waals surface area contributed by atoms with E-state index in [0.29, 0.717) is 11.3 Å². The van der Waals surface area contributed by atoms with Crippen LogP contribution in [0.4, 0.5) is 5.69 Å². The van der Waals surface area contributed by atoms with E-state index in [1.165, 1.54) is 24.3 Å². The van der Waals surface area contributed by atoms with Gasteiger partial charge in [0.1, 0.15) is 6.54 Å². The molecule has 0 bridgehead atoms. The molecule has 0 spiro atoms. The number of benzene rings is 2. The van der Waals surface area contributed by atoms with Crippen molar-refractivity contribution >= 4 is 27.6 Å². The Hall–Kier alpha value is -2.71. The van der Waals surface area contributed by atoms with Crippen LogP contribution in [0.3, 0.4) is 0 Å². The number of hydrogen-bond donors (Lipinski definition) is 2. The van der Waals surface area contributed by atoms with Crippen LogP contribution in [0.15, 0.2) is 59.5 Å². The second-order valence-electron chi connectivity index (χ2n) is 5.71. The molecule has 0 aliphatic heterocycles. The summed E-state index contributed by atoms with van der Waals surface area (Å²) in [4.78, 5) is 23.5. The normalized spacial score (nSPS) is 11.2. The second kappa shape index (κ2) is 8.59. The Bertz CT molecular complexity index is 862. The largest absolute Gasteiger partial charge is 0.462 e. The minimum Gasteiger partial charge on any atom is -0.462 e. The Labute approximate surface area is 152 Å². The van der Waals surface area contributed by atoms with Crippen molar-refractivity contribution in [2.24, 2.45) is 0 Å². The van der Waals surface area contributed by atoms with Gasteiger partial charge in [0.25, 0.3) is 5.91 Å². The van der Waals surface area contributed by atoms with Gasteiger partial charge in [-0.2, -0.15) is 4.72 Å². The van der Waals surface area contributed by atoms with E-state index in [4.69, 9.17) is 4.74 Å². The van der Waals surface area contributed by atoms with Crippen molar-refractivity contribution in [3.8, 4) is 0 Å². The van der Waals surface area contributed by atoms with E-state index in [2.05, 4.69) is 10.0 Å². The minimum absolute atomic E-state index is 0.0208. The third-order valence-electron chi connectivity index (χ3n) is 3.23. The predicted octanol–water partition coefficient (Wildman–Crippen LogP) is 2.17. The maximum atomic E-state index is 12.2. The van der Waals surface area contributed by atoms with Gasteiger partial charge in [0, 0.05) is 11.3 Å². The number of sulfonamides is 1. The van der Waals surface area contributed by atoms with Crippen LogP contribution in [0, 0.1) is 0 Å². The van der Waals surface area contributed by atoms with Crippen molar-refractivity contribution in [2.45, 2.75) is 24.8 Å². The maximum Gasteiger partial charge on any atom is 0.321 e. The summed E-state index contributed by atoms with van der Waals surface area (Å²) in [7, 11) is -3.85. The van der Waals surface area contributed by atoms with Crippen LogP contribution in [-0.4, -0.2) is 32.9 Å². The van der Waals surface area contributed by atoms with Crippen LogP contribution in [0.25, 0.3) is 0 Å². The summed E-state index contributed by atoms with van der Waals surface area (Å²) in [6.07, 6.45) is -0.320. The Morgan fingerprint density at radius 2 is 1.62 bits per heavy atom. The first-order valence-electron chi connectivity index (χ1n) is 7.93. The van der Waals surface area contributed by atoms with Crippen molar-refractivity contribution in [1.29, 1.82) is 0 Å². The van der Waals surface area contributed by atoms with E-state index >= 15 is 0 Å². The molecule has 0 radical (unpaired) electrons. The third-order valence-corrected chi connectivity index (χ3v) is 4.65. The van der Waals surface area contributed by atoms with Crippen molar-refractivity contribution in [3.05, 3.63) is 60.2 Å². The van der Waals surface area contributed by atoms with Crippen molar-refractivity contribution < 1.29 is 22.7 Å². The number of hydrogen-bond acceptors (Lipinski definition) is 5. The standard InChI is InChI=1S/C18H20N2O5S/c1-13(2)25-17(21)12-19-26(23,24)16-10-8-15(9-11-16)20-18(22)14-6-4-3-5-7-14/h3-11,13,19H,12H2,1-2H3,(H,20,22). The zero-order chi connectivity index (χ0) is 19.2. The lowest BCUT2D eigenvalue weighted by atomic mass is 10.2. The van der Waals surface area contributed by atoms with Gasteiger partial charge in [-0.25, -0.2) is 8.42 Å². The number of esters is 1. The molecule has 1 amide bonds. The molecule has 0 unspecified atom stereocenters. The maximum absolute atomic E-state index is 12.2. The van der Waals surface area contributed by atoms with Crippen molar-refractivity contribution in [2.75, 3.05) is 11.9 Å². The molecule has 0 aliphatic rings. The summed E-state index contributed by atoms with van der Waals surface area (Å²) >= 11 is 0. The van der Waals surface area contributed by atoms with Gasteiger partial charge in [-0.15, -0.1) is 0 Å². The average molecular weight is 376 g/mol. The molecule has 0 heterocycles. The number of carbonyl (C=O) groups excluding carboxylic acids is 2. The topological polar surface area (TPSA) is 102 Å². The molecule has 2 aromatic rings. The highest BCUT2D eigenvalue weighted by atomic mass is 32.2. The molecule has 0 aromatic heterocycles. The zero-order valence-electron chi connectivity index (χ0n) is 14.4. The molecule has 0 saturated heterocycles. The van der Waals surface area contributed by atoms with Crippen LogP contribution < -0.4 is 10.0 Å². The fourth-order valence-electron chi connectivity index (χ4n) is 2.05. The number of rotatable bonds is 7. The van der Waals surface area contributed by atoms with Gasteiger partial charge in [0.2, 0.25) is 10.0 Å². The zero-order valence-corrected chi connectivity index (χ0v) is 15.2. The number of amides is 1. The molecule has 0 aliphatic carbocycles. The van der Waals surface area contributed by atoms with Gasteiger partial charge in [0.05, 0.1) is 11.0 Å². The van der Waals surface area contributed by atoms with Crippen molar-refractivity contribution in [3.63, 3.8) is 0 Å².